The van der Waals surface area contributed by atoms with Crippen LogP contribution in [-0.2, 0) is 4.74 Å². The molecule has 0 aliphatic rings. The molecule has 106 valence electrons. The van der Waals surface area contributed by atoms with Crippen LogP contribution in [0.5, 0.6) is 11.5 Å². The maximum atomic E-state index is 11.6. The van der Waals surface area contributed by atoms with Crippen molar-refractivity contribution in [3.8, 4) is 22.1 Å². The van der Waals surface area contributed by atoms with Crippen LogP contribution in [0.4, 0.5) is 0 Å². The van der Waals surface area contributed by atoms with Crippen LogP contribution < -0.4 is 4.74 Å². The summed E-state index contributed by atoms with van der Waals surface area (Å²) in [7, 11) is 2.79. The van der Waals surface area contributed by atoms with Gasteiger partial charge in [0.05, 0.1) is 18.7 Å². The zero-order valence-corrected chi connectivity index (χ0v) is 13.5. The van der Waals surface area contributed by atoms with Gasteiger partial charge in [0.1, 0.15) is 5.01 Å². The lowest BCUT2D eigenvalue weighted by Crippen LogP contribution is -2.03. The molecule has 20 heavy (non-hydrogen) atoms. The van der Waals surface area contributed by atoms with Gasteiger partial charge in [-0.05, 0) is 35.0 Å². The van der Waals surface area contributed by atoms with Crippen molar-refractivity contribution < 1.29 is 19.4 Å². The monoisotopic (exact) mass is 357 g/mol. The van der Waals surface area contributed by atoms with Crippen LogP contribution in [0.1, 0.15) is 15.4 Å². The Bertz CT molecular complexity index is 669. The summed E-state index contributed by atoms with van der Waals surface area (Å²) in [5.41, 5.74) is 1.05. The maximum Gasteiger partial charge on any atom is 0.357 e. The lowest BCUT2D eigenvalue weighted by Gasteiger charge is -2.07. The summed E-state index contributed by atoms with van der Waals surface area (Å²) in [6.07, 6.45) is 0. The quantitative estimate of drug-likeness (QED) is 0.852. The molecule has 0 bridgehead atoms. The van der Waals surface area contributed by atoms with Gasteiger partial charge in [0.2, 0.25) is 0 Å². The second-order valence-corrected chi connectivity index (χ2v) is 5.98. The van der Waals surface area contributed by atoms with Crippen LogP contribution in [0.3, 0.4) is 0 Å². The maximum absolute atomic E-state index is 11.6. The highest BCUT2D eigenvalue weighted by molar-refractivity contribution is 9.10. The van der Waals surface area contributed by atoms with E-state index in [0.717, 1.165) is 10.4 Å². The van der Waals surface area contributed by atoms with Crippen molar-refractivity contribution in [3.63, 3.8) is 0 Å². The smallest absolute Gasteiger partial charge is 0.357 e. The number of esters is 1. The van der Waals surface area contributed by atoms with Crippen LogP contribution in [-0.4, -0.2) is 30.3 Å². The van der Waals surface area contributed by atoms with Gasteiger partial charge in [-0.25, -0.2) is 9.78 Å². The second kappa shape index (κ2) is 5.80. The molecule has 0 spiro atoms. The number of carbonyl (C=O) groups excluding carboxylic acids is 1. The Morgan fingerprint density at radius 3 is 2.70 bits per heavy atom. The fraction of sp³-hybridized carbons (Fsp3) is 0.231. The molecule has 1 aromatic carbocycles. The fourth-order valence-electron chi connectivity index (χ4n) is 1.66. The van der Waals surface area contributed by atoms with Crippen LogP contribution in [0.2, 0.25) is 0 Å². The summed E-state index contributed by atoms with van der Waals surface area (Å²) in [5.74, 6) is -0.102. The van der Waals surface area contributed by atoms with Crippen molar-refractivity contribution in [2.45, 2.75) is 6.92 Å². The third-order valence-electron chi connectivity index (χ3n) is 2.67. The van der Waals surface area contributed by atoms with E-state index >= 15 is 0 Å². The van der Waals surface area contributed by atoms with Gasteiger partial charge in [0, 0.05) is 10.4 Å². The number of hydrogen-bond donors (Lipinski definition) is 1. The van der Waals surface area contributed by atoms with E-state index in [1.165, 1.54) is 25.6 Å². The molecule has 0 radical (unpaired) electrons. The largest absolute Gasteiger partial charge is 0.503 e. The topological polar surface area (TPSA) is 68.7 Å². The SMILES string of the molecule is COC(=O)c1nc(-c2cc(Br)c(O)c(OC)c2)sc1C. The van der Waals surface area contributed by atoms with Gasteiger partial charge in [-0.15, -0.1) is 11.3 Å². The molecule has 2 aromatic rings. The van der Waals surface area contributed by atoms with Gasteiger partial charge < -0.3 is 14.6 Å². The second-order valence-electron chi connectivity index (χ2n) is 3.92. The van der Waals surface area contributed by atoms with Gasteiger partial charge in [-0.3, -0.25) is 0 Å². The Kier molecular flexibility index (Phi) is 4.29. The molecule has 0 aliphatic carbocycles. The third-order valence-corrected chi connectivity index (χ3v) is 4.30. The average molecular weight is 358 g/mol. The summed E-state index contributed by atoms with van der Waals surface area (Å²) in [6, 6.07) is 3.39. The van der Waals surface area contributed by atoms with Crippen LogP contribution in [0, 0.1) is 6.92 Å². The number of phenols is 1. The Morgan fingerprint density at radius 1 is 1.40 bits per heavy atom. The van der Waals surface area contributed by atoms with Crippen LogP contribution >= 0.6 is 27.3 Å². The summed E-state index contributed by atoms with van der Waals surface area (Å²) in [4.78, 5) is 16.6. The number of benzene rings is 1. The van der Waals surface area contributed by atoms with Crippen molar-refractivity contribution in [2.24, 2.45) is 0 Å². The van der Waals surface area contributed by atoms with Gasteiger partial charge in [-0.1, -0.05) is 0 Å². The molecule has 1 heterocycles. The number of phenolic OH excluding ortho intramolecular Hbond substituents is 1. The highest BCUT2D eigenvalue weighted by Crippen LogP contribution is 2.39. The first-order valence-electron chi connectivity index (χ1n) is 5.60. The number of halogens is 1. The summed E-state index contributed by atoms with van der Waals surface area (Å²) in [6.45, 7) is 1.81. The lowest BCUT2D eigenvalue weighted by atomic mass is 10.2. The van der Waals surface area contributed by atoms with E-state index in [-0.39, 0.29) is 5.75 Å². The van der Waals surface area contributed by atoms with Crippen molar-refractivity contribution in [2.75, 3.05) is 14.2 Å². The molecule has 0 aliphatic heterocycles. The number of carbonyl (C=O) groups is 1. The highest BCUT2D eigenvalue weighted by atomic mass is 79.9. The van der Waals surface area contributed by atoms with Crippen molar-refractivity contribution in [3.05, 3.63) is 27.2 Å². The van der Waals surface area contributed by atoms with Crippen molar-refractivity contribution in [1.29, 1.82) is 0 Å². The predicted molar refractivity (Wildman–Crippen MR) is 79.5 cm³/mol. The Hall–Kier alpha value is -1.60. The zero-order valence-electron chi connectivity index (χ0n) is 11.1. The van der Waals surface area contributed by atoms with E-state index in [4.69, 9.17) is 4.74 Å². The molecule has 1 N–H and O–H groups in total. The standard InChI is InChI=1S/C13H12BrNO4S/c1-6-10(13(17)19-3)15-12(20-6)7-4-8(14)11(16)9(5-7)18-2/h4-5,16H,1-3H3. The third kappa shape index (κ3) is 2.64. The number of aromatic nitrogens is 1. The van der Waals surface area contributed by atoms with Crippen LogP contribution in [0.25, 0.3) is 10.6 Å². The van der Waals surface area contributed by atoms with Gasteiger partial charge in [-0.2, -0.15) is 0 Å². The summed E-state index contributed by atoms with van der Waals surface area (Å²) < 4.78 is 10.3. The van der Waals surface area contributed by atoms with Crippen LogP contribution in [0.15, 0.2) is 16.6 Å². The molecule has 2 rings (SSSR count). The molecular weight excluding hydrogens is 346 g/mol. The number of aromatic hydroxyl groups is 1. The number of nitrogens with zero attached hydrogens (tertiary/aromatic N) is 1. The van der Waals surface area contributed by atoms with Crippen molar-refractivity contribution >= 4 is 33.2 Å². The minimum absolute atomic E-state index is 0.0257. The molecule has 0 amide bonds. The molecular formula is C13H12BrNO4S. The molecule has 1 aromatic heterocycles. The number of aryl methyl sites for hydroxylation is 1. The van der Waals surface area contributed by atoms with E-state index in [2.05, 4.69) is 25.7 Å². The fourth-order valence-corrected chi connectivity index (χ4v) is 2.99. The Balaban J connectivity index is 2.52. The van der Waals surface area contributed by atoms with Crippen molar-refractivity contribution in [1.82, 2.24) is 4.98 Å². The van der Waals surface area contributed by atoms with E-state index < -0.39 is 5.97 Å². The average Bonchev–Trinajstić information content (AvgIpc) is 2.83. The van der Waals surface area contributed by atoms with Gasteiger partial charge in [0.25, 0.3) is 0 Å². The zero-order chi connectivity index (χ0) is 14.9. The molecule has 0 unspecified atom stereocenters. The molecule has 0 saturated heterocycles. The first-order valence-corrected chi connectivity index (χ1v) is 7.21. The van der Waals surface area contributed by atoms with E-state index in [9.17, 15) is 9.90 Å². The number of rotatable bonds is 3. The first-order chi connectivity index (χ1) is 9.47. The summed E-state index contributed by atoms with van der Waals surface area (Å²) in [5, 5.41) is 10.4. The Morgan fingerprint density at radius 2 is 2.10 bits per heavy atom. The molecule has 0 atom stereocenters. The van der Waals surface area contributed by atoms with Gasteiger partial charge in [0.15, 0.2) is 17.2 Å². The van der Waals surface area contributed by atoms with E-state index in [1.54, 1.807) is 19.1 Å². The minimum atomic E-state index is -0.463. The number of methoxy groups -OCH3 is 2. The van der Waals surface area contributed by atoms with E-state index in [0.29, 0.717) is 20.9 Å². The molecule has 7 heteroatoms. The molecule has 0 fully saturated rings. The highest BCUT2D eigenvalue weighted by Gasteiger charge is 2.18. The van der Waals surface area contributed by atoms with Gasteiger partial charge >= 0.3 is 5.97 Å². The molecule has 5 nitrogen and oxygen atoms in total. The predicted octanol–water partition coefficient (Wildman–Crippen LogP) is 3.38. The molecule has 0 saturated carbocycles. The van der Waals surface area contributed by atoms with E-state index in [1.807, 2.05) is 0 Å². The first kappa shape index (κ1) is 14.8. The lowest BCUT2D eigenvalue weighted by molar-refractivity contribution is 0.0594. The normalized spacial score (nSPS) is 10.4. The number of thiazole rings is 1. The minimum Gasteiger partial charge on any atom is -0.503 e. The summed E-state index contributed by atoms with van der Waals surface area (Å²) >= 11 is 4.63. The number of hydrogen-bond acceptors (Lipinski definition) is 6. The Labute approximate surface area is 128 Å². The number of ether oxygens (including phenoxy) is 2.